The number of rotatable bonds is 4. The molecule has 0 fully saturated rings. The molecule has 7 heteroatoms. The Kier molecular flexibility index (Phi) is 3.96. The first-order valence-corrected chi connectivity index (χ1v) is 4.94. The molecular weight excluding hydrogens is 226 g/mol. The van der Waals surface area contributed by atoms with Gasteiger partial charge in [-0.15, -0.1) is 11.3 Å². The fourth-order valence-electron chi connectivity index (χ4n) is 0.923. The molecule has 0 saturated carbocycles. The molecule has 0 aliphatic carbocycles. The number of hydrogen-bond acceptors (Lipinski definition) is 5. The van der Waals surface area contributed by atoms with Crippen molar-refractivity contribution in [3.8, 4) is 0 Å². The van der Waals surface area contributed by atoms with Gasteiger partial charge in [0.25, 0.3) is 6.43 Å². The Morgan fingerprint density at radius 1 is 1.67 bits per heavy atom. The number of esters is 1. The number of aryl methyl sites for hydroxylation is 1. The van der Waals surface area contributed by atoms with E-state index < -0.39 is 18.9 Å². The Morgan fingerprint density at radius 3 is 2.87 bits per heavy atom. The molecule has 15 heavy (non-hydrogen) atoms. The van der Waals surface area contributed by atoms with E-state index in [0.29, 0.717) is 10.0 Å². The molecule has 0 unspecified atom stereocenters. The molecule has 1 rings (SSSR count). The van der Waals surface area contributed by atoms with Crippen LogP contribution in [0.4, 0.5) is 13.9 Å². The zero-order valence-electron chi connectivity index (χ0n) is 8.21. The first-order valence-electron chi connectivity index (χ1n) is 4.12. The minimum atomic E-state index is -2.45. The normalized spacial score (nSPS) is 10.5. The number of hydrogen-bond donors (Lipinski definition) is 1. The standard InChI is InChI=1S/C8H10F2N2O2S/c1-4-6(7(13)14-2)12-8(15-4)11-3-5(9)10/h5H,3H2,1-2H3,(H,11,12). The average molecular weight is 236 g/mol. The number of halogens is 2. The summed E-state index contributed by atoms with van der Waals surface area (Å²) in [6.07, 6.45) is -2.45. The van der Waals surface area contributed by atoms with E-state index >= 15 is 0 Å². The Hall–Kier alpha value is -1.24. The topological polar surface area (TPSA) is 51.2 Å². The van der Waals surface area contributed by atoms with Crippen molar-refractivity contribution in [2.45, 2.75) is 13.3 Å². The Bertz CT molecular complexity index is 354. The first-order chi connectivity index (χ1) is 7.04. The SMILES string of the molecule is COC(=O)c1nc(NCC(F)F)sc1C. The van der Waals surface area contributed by atoms with Crippen molar-refractivity contribution in [1.29, 1.82) is 0 Å². The molecule has 1 heterocycles. The van der Waals surface area contributed by atoms with Crippen molar-refractivity contribution in [2.75, 3.05) is 19.0 Å². The van der Waals surface area contributed by atoms with E-state index in [0.717, 1.165) is 11.3 Å². The van der Waals surface area contributed by atoms with Crippen LogP contribution in [0.1, 0.15) is 15.4 Å². The van der Waals surface area contributed by atoms with Gasteiger partial charge in [0.15, 0.2) is 10.8 Å². The van der Waals surface area contributed by atoms with Crippen molar-refractivity contribution in [3.05, 3.63) is 10.6 Å². The van der Waals surface area contributed by atoms with Gasteiger partial charge in [-0.2, -0.15) is 0 Å². The summed E-state index contributed by atoms with van der Waals surface area (Å²) >= 11 is 1.14. The fourth-order valence-corrected chi connectivity index (χ4v) is 1.73. The van der Waals surface area contributed by atoms with E-state index in [1.807, 2.05) is 0 Å². The minimum absolute atomic E-state index is 0.166. The molecule has 0 radical (unpaired) electrons. The van der Waals surface area contributed by atoms with Gasteiger partial charge < -0.3 is 10.1 Å². The average Bonchev–Trinajstić information content (AvgIpc) is 2.55. The van der Waals surface area contributed by atoms with Crippen LogP contribution in [0, 0.1) is 6.92 Å². The van der Waals surface area contributed by atoms with E-state index in [4.69, 9.17) is 0 Å². The molecular formula is C8H10F2N2O2S. The van der Waals surface area contributed by atoms with Crippen LogP contribution >= 0.6 is 11.3 Å². The van der Waals surface area contributed by atoms with Crippen LogP contribution in [0.25, 0.3) is 0 Å². The van der Waals surface area contributed by atoms with Gasteiger partial charge in [0, 0.05) is 4.88 Å². The minimum Gasteiger partial charge on any atom is -0.464 e. The second-order valence-corrected chi connectivity index (χ2v) is 3.89. The number of carbonyl (C=O) groups excluding carboxylic acids is 1. The van der Waals surface area contributed by atoms with Gasteiger partial charge in [-0.25, -0.2) is 18.6 Å². The van der Waals surface area contributed by atoms with E-state index in [2.05, 4.69) is 15.0 Å². The molecule has 0 bridgehead atoms. The highest BCUT2D eigenvalue weighted by Gasteiger charge is 2.16. The number of nitrogens with one attached hydrogen (secondary N) is 1. The van der Waals surface area contributed by atoms with Crippen molar-refractivity contribution >= 4 is 22.4 Å². The van der Waals surface area contributed by atoms with Crippen LogP contribution < -0.4 is 5.32 Å². The second kappa shape index (κ2) is 5.01. The van der Waals surface area contributed by atoms with E-state index in [1.54, 1.807) is 6.92 Å². The summed E-state index contributed by atoms with van der Waals surface area (Å²) in [5.74, 6) is -0.561. The summed E-state index contributed by atoms with van der Waals surface area (Å²) in [5, 5.41) is 2.73. The third-order valence-corrected chi connectivity index (χ3v) is 2.51. The summed E-state index contributed by atoms with van der Waals surface area (Å²) in [6.45, 7) is 1.20. The largest absolute Gasteiger partial charge is 0.464 e. The highest BCUT2D eigenvalue weighted by molar-refractivity contribution is 7.15. The third-order valence-electron chi connectivity index (χ3n) is 1.58. The first kappa shape index (κ1) is 11.8. The zero-order valence-corrected chi connectivity index (χ0v) is 9.03. The highest BCUT2D eigenvalue weighted by atomic mass is 32.1. The lowest BCUT2D eigenvalue weighted by molar-refractivity contribution is 0.0594. The van der Waals surface area contributed by atoms with Crippen molar-refractivity contribution in [3.63, 3.8) is 0 Å². The molecule has 1 aromatic heterocycles. The maximum Gasteiger partial charge on any atom is 0.357 e. The van der Waals surface area contributed by atoms with Crippen LogP contribution in [0.5, 0.6) is 0 Å². The fraction of sp³-hybridized carbons (Fsp3) is 0.500. The highest BCUT2D eigenvalue weighted by Crippen LogP contribution is 2.22. The zero-order chi connectivity index (χ0) is 11.4. The number of anilines is 1. The molecule has 0 atom stereocenters. The second-order valence-electron chi connectivity index (χ2n) is 2.69. The van der Waals surface area contributed by atoms with Crippen LogP contribution in [0.3, 0.4) is 0 Å². The Balaban J connectivity index is 2.72. The smallest absolute Gasteiger partial charge is 0.357 e. The van der Waals surface area contributed by atoms with Crippen LogP contribution in [-0.4, -0.2) is 31.0 Å². The molecule has 0 amide bonds. The maximum absolute atomic E-state index is 11.9. The van der Waals surface area contributed by atoms with Gasteiger partial charge in [-0.3, -0.25) is 0 Å². The van der Waals surface area contributed by atoms with Crippen LogP contribution in [0.15, 0.2) is 0 Å². The Labute approximate surface area is 89.3 Å². The van der Waals surface area contributed by atoms with Crippen LogP contribution in [0.2, 0.25) is 0 Å². The quantitative estimate of drug-likeness (QED) is 0.811. The summed E-state index contributed by atoms with van der Waals surface area (Å²) < 4.78 is 28.2. The predicted octanol–water partition coefficient (Wildman–Crippen LogP) is 1.92. The number of methoxy groups -OCH3 is 1. The van der Waals surface area contributed by atoms with Crippen molar-refractivity contribution < 1.29 is 18.3 Å². The molecule has 0 aliphatic heterocycles. The maximum atomic E-state index is 11.9. The molecule has 0 aliphatic rings. The van der Waals surface area contributed by atoms with Crippen molar-refractivity contribution in [2.24, 2.45) is 0 Å². The van der Waals surface area contributed by atoms with Gasteiger partial charge in [0.2, 0.25) is 0 Å². The van der Waals surface area contributed by atoms with E-state index in [1.165, 1.54) is 7.11 Å². The van der Waals surface area contributed by atoms with E-state index in [-0.39, 0.29) is 5.69 Å². The van der Waals surface area contributed by atoms with Crippen molar-refractivity contribution in [1.82, 2.24) is 4.98 Å². The summed E-state index contributed by atoms with van der Waals surface area (Å²) in [4.78, 5) is 15.6. The number of carbonyl (C=O) groups is 1. The lowest BCUT2D eigenvalue weighted by atomic mass is 10.4. The molecule has 1 N–H and O–H groups in total. The van der Waals surface area contributed by atoms with Gasteiger partial charge in [-0.1, -0.05) is 0 Å². The summed E-state index contributed by atoms with van der Waals surface area (Å²) in [7, 11) is 1.24. The molecule has 1 aromatic rings. The Morgan fingerprint density at radius 2 is 2.33 bits per heavy atom. The van der Waals surface area contributed by atoms with E-state index in [9.17, 15) is 13.6 Å². The van der Waals surface area contributed by atoms with Gasteiger partial charge >= 0.3 is 5.97 Å². The number of ether oxygens (including phenoxy) is 1. The predicted molar refractivity (Wildman–Crippen MR) is 52.7 cm³/mol. The molecule has 0 spiro atoms. The summed E-state index contributed by atoms with van der Waals surface area (Å²) in [5.41, 5.74) is 0.166. The molecule has 0 saturated heterocycles. The molecule has 4 nitrogen and oxygen atoms in total. The number of nitrogens with zero attached hydrogens (tertiary/aromatic N) is 1. The van der Waals surface area contributed by atoms with Crippen LogP contribution in [-0.2, 0) is 4.74 Å². The molecule has 84 valence electrons. The summed E-state index contributed by atoms with van der Waals surface area (Å²) in [6, 6.07) is 0. The number of alkyl halides is 2. The lowest BCUT2D eigenvalue weighted by Gasteiger charge is -1.99. The third kappa shape index (κ3) is 3.12. The molecule has 0 aromatic carbocycles. The lowest BCUT2D eigenvalue weighted by Crippen LogP contribution is -2.10. The van der Waals surface area contributed by atoms with Gasteiger partial charge in [-0.05, 0) is 6.92 Å². The number of thiazole rings is 1. The number of aromatic nitrogens is 1. The van der Waals surface area contributed by atoms with Gasteiger partial charge in [0.1, 0.15) is 0 Å². The monoisotopic (exact) mass is 236 g/mol. The van der Waals surface area contributed by atoms with Gasteiger partial charge in [0.05, 0.1) is 13.7 Å².